The van der Waals surface area contributed by atoms with E-state index in [1.807, 2.05) is 25.1 Å². The van der Waals surface area contributed by atoms with Crippen LogP contribution in [0.15, 0.2) is 60.7 Å². The number of benzene rings is 3. The van der Waals surface area contributed by atoms with Crippen molar-refractivity contribution in [3.8, 4) is 0 Å². The van der Waals surface area contributed by atoms with E-state index >= 15 is 0 Å². The quantitative estimate of drug-likeness (QED) is 0.416. The Labute approximate surface area is 193 Å². The smallest absolute Gasteiger partial charge is 0.335 e. The van der Waals surface area contributed by atoms with E-state index in [9.17, 15) is 9.59 Å². The van der Waals surface area contributed by atoms with Crippen LogP contribution in [0.4, 0.5) is 0 Å². The van der Waals surface area contributed by atoms with E-state index in [4.69, 9.17) is 28.3 Å². The number of halogens is 2. The number of carbonyl (C=O) groups is 2. The molecular formula is C23H18Cl2N4O3. The van der Waals surface area contributed by atoms with Crippen LogP contribution in [0.5, 0.6) is 0 Å². The fraction of sp³-hybridized carbons (Fsp3) is 0.130. The number of hydrogen-bond donors (Lipinski definition) is 2. The number of hydrogen-bond acceptors (Lipinski definition) is 4. The Hall–Kier alpha value is -3.42. The number of rotatable bonds is 6. The fourth-order valence-electron chi connectivity index (χ4n) is 3.44. The van der Waals surface area contributed by atoms with Gasteiger partial charge >= 0.3 is 5.97 Å². The summed E-state index contributed by atoms with van der Waals surface area (Å²) in [6.45, 7) is 2.20. The average molecular weight is 469 g/mol. The molecule has 0 aliphatic carbocycles. The summed E-state index contributed by atoms with van der Waals surface area (Å²) in [5.74, 6) is -1.35. The van der Waals surface area contributed by atoms with Crippen LogP contribution in [-0.4, -0.2) is 32.0 Å². The van der Waals surface area contributed by atoms with Gasteiger partial charge in [-0.05, 0) is 54.4 Å². The van der Waals surface area contributed by atoms with E-state index in [0.29, 0.717) is 33.2 Å². The van der Waals surface area contributed by atoms with Gasteiger partial charge in [-0.2, -0.15) is 0 Å². The molecule has 0 bridgehead atoms. The summed E-state index contributed by atoms with van der Waals surface area (Å²) < 4.78 is 1.64. The Balaban J connectivity index is 1.64. The number of carbonyl (C=O) groups excluding carboxylic acids is 1. The molecular weight excluding hydrogens is 451 g/mol. The second kappa shape index (κ2) is 8.98. The average Bonchev–Trinajstić information content (AvgIpc) is 3.15. The van der Waals surface area contributed by atoms with Gasteiger partial charge in [-0.25, -0.2) is 9.48 Å². The largest absolute Gasteiger partial charge is 0.478 e. The predicted octanol–water partition coefficient (Wildman–Crippen LogP) is 4.98. The molecule has 0 saturated carbocycles. The summed E-state index contributed by atoms with van der Waals surface area (Å²) in [4.78, 5) is 24.2. The Morgan fingerprint density at radius 2 is 1.81 bits per heavy atom. The van der Waals surface area contributed by atoms with Crippen molar-refractivity contribution >= 4 is 46.1 Å². The maximum atomic E-state index is 13.2. The van der Waals surface area contributed by atoms with E-state index in [2.05, 4.69) is 15.6 Å². The van der Waals surface area contributed by atoms with Gasteiger partial charge in [0, 0.05) is 10.0 Å². The van der Waals surface area contributed by atoms with Crippen molar-refractivity contribution in [1.82, 2.24) is 20.3 Å². The van der Waals surface area contributed by atoms with Crippen LogP contribution in [0.1, 0.15) is 44.8 Å². The molecule has 0 aliphatic heterocycles. The molecule has 1 atom stereocenters. The Morgan fingerprint density at radius 1 is 1.06 bits per heavy atom. The van der Waals surface area contributed by atoms with Crippen molar-refractivity contribution in [1.29, 1.82) is 0 Å². The SMILES string of the molecule is C[C@H](NC(=O)c1cc(Cl)cc2nnn(Cc3cccc(Cl)c3)c12)c1ccc(C(=O)O)cc1. The molecule has 4 rings (SSSR count). The molecule has 0 spiro atoms. The van der Waals surface area contributed by atoms with Crippen molar-refractivity contribution in [2.75, 3.05) is 0 Å². The monoisotopic (exact) mass is 468 g/mol. The Kier molecular flexibility index (Phi) is 6.12. The normalized spacial score (nSPS) is 12.0. The molecule has 3 aromatic carbocycles. The number of aromatic nitrogens is 3. The van der Waals surface area contributed by atoms with Gasteiger partial charge in [-0.15, -0.1) is 5.10 Å². The lowest BCUT2D eigenvalue weighted by atomic mass is 10.1. The molecule has 0 unspecified atom stereocenters. The van der Waals surface area contributed by atoms with Gasteiger partial charge in [0.05, 0.1) is 23.7 Å². The summed E-state index contributed by atoms with van der Waals surface area (Å²) in [5, 5.41) is 21.3. The zero-order valence-corrected chi connectivity index (χ0v) is 18.4. The molecule has 32 heavy (non-hydrogen) atoms. The van der Waals surface area contributed by atoms with Crippen LogP contribution < -0.4 is 5.32 Å². The van der Waals surface area contributed by atoms with Crippen LogP contribution in [0.3, 0.4) is 0 Å². The topological polar surface area (TPSA) is 97.1 Å². The number of carboxylic acid groups (broad SMARTS) is 1. The van der Waals surface area contributed by atoms with Crippen molar-refractivity contribution in [3.63, 3.8) is 0 Å². The second-order valence-electron chi connectivity index (χ2n) is 7.32. The number of nitrogens with zero attached hydrogens (tertiary/aromatic N) is 3. The van der Waals surface area contributed by atoms with Crippen LogP contribution in [0, 0.1) is 0 Å². The molecule has 162 valence electrons. The summed E-state index contributed by atoms with van der Waals surface area (Å²) in [6.07, 6.45) is 0. The van der Waals surface area contributed by atoms with Crippen molar-refractivity contribution in [2.24, 2.45) is 0 Å². The third kappa shape index (κ3) is 4.59. The highest BCUT2D eigenvalue weighted by Crippen LogP contribution is 2.25. The number of amides is 1. The first kappa shape index (κ1) is 21.8. The lowest BCUT2D eigenvalue weighted by Gasteiger charge is -2.16. The van der Waals surface area contributed by atoms with Crippen molar-refractivity contribution in [2.45, 2.75) is 19.5 Å². The minimum atomic E-state index is -1.00. The van der Waals surface area contributed by atoms with Crippen LogP contribution >= 0.6 is 23.2 Å². The first-order valence-electron chi connectivity index (χ1n) is 9.73. The molecule has 0 aliphatic rings. The minimum absolute atomic E-state index is 0.180. The van der Waals surface area contributed by atoms with Crippen molar-refractivity contribution in [3.05, 3.63) is 93.0 Å². The maximum absolute atomic E-state index is 13.2. The molecule has 4 aromatic rings. The van der Waals surface area contributed by atoms with E-state index in [1.165, 1.54) is 12.1 Å². The minimum Gasteiger partial charge on any atom is -0.478 e. The number of nitrogens with one attached hydrogen (secondary N) is 1. The highest BCUT2D eigenvalue weighted by atomic mass is 35.5. The molecule has 7 nitrogen and oxygen atoms in total. The van der Waals surface area contributed by atoms with Gasteiger partial charge in [0.1, 0.15) is 11.0 Å². The van der Waals surface area contributed by atoms with Crippen LogP contribution in [-0.2, 0) is 6.54 Å². The summed E-state index contributed by atoms with van der Waals surface area (Å²) in [6, 6.07) is 16.6. The van der Waals surface area contributed by atoms with Gasteiger partial charge in [0.25, 0.3) is 5.91 Å². The third-order valence-electron chi connectivity index (χ3n) is 5.04. The molecule has 1 heterocycles. The highest BCUT2D eigenvalue weighted by molar-refractivity contribution is 6.32. The predicted molar refractivity (Wildman–Crippen MR) is 122 cm³/mol. The molecule has 1 aromatic heterocycles. The van der Waals surface area contributed by atoms with Gasteiger partial charge < -0.3 is 10.4 Å². The third-order valence-corrected chi connectivity index (χ3v) is 5.50. The molecule has 2 N–H and O–H groups in total. The fourth-order valence-corrected chi connectivity index (χ4v) is 3.87. The first-order valence-corrected chi connectivity index (χ1v) is 10.5. The van der Waals surface area contributed by atoms with Crippen LogP contribution in [0.25, 0.3) is 11.0 Å². The molecule has 0 radical (unpaired) electrons. The molecule has 0 saturated heterocycles. The van der Waals surface area contributed by atoms with E-state index in [1.54, 1.807) is 35.0 Å². The number of carboxylic acids is 1. The second-order valence-corrected chi connectivity index (χ2v) is 8.19. The summed E-state index contributed by atoms with van der Waals surface area (Å²) in [5.41, 5.74) is 3.27. The van der Waals surface area contributed by atoms with E-state index < -0.39 is 5.97 Å². The molecule has 9 heteroatoms. The van der Waals surface area contributed by atoms with Gasteiger partial charge in [-0.3, -0.25) is 4.79 Å². The van der Waals surface area contributed by atoms with Gasteiger partial charge in [0.15, 0.2) is 0 Å². The van der Waals surface area contributed by atoms with E-state index in [-0.39, 0.29) is 17.5 Å². The highest BCUT2D eigenvalue weighted by Gasteiger charge is 2.20. The summed E-state index contributed by atoms with van der Waals surface area (Å²) in [7, 11) is 0. The lowest BCUT2D eigenvalue weighted by molar-refractivity contribution is 0.0696. The first-order chi connectivity index (χ1) is 15.3. The van der Waals surface area contributed by atoms with Crippen molar-refractivity contribution < 1.29 is 14.7 Å². The molecule has 0 fully saturated rings. The van der Waals surface area contributed by atoms with Crippen LogP contribution in [0.2, 0.25) is 10.0 Å². The Bertz CT molecular complexity index is 1320. The Morgan fingerprint density at radius 3 is 2.50 bits per heavy atom. The molecule has 1 amide bonds. The number of aromatic carboxylic acids is 1. The van der Waals surface area contributed by atoms with Gasteiger partial charge in [0.2, 0.25) is 0 Å². The maximum Gasteiger partial charge on any atom is 0.335 e. The van der Waals surface area contributed by atoms with Gasteiger partial charge in [-0.1, -0.05) is 52.7 Å². The zero-order chi connectivity index (χ0) is 22.8. The summed E-state index contributed by atoms with van der Waals surface area (Å²) >= 11 is 12.3. The lowest BCUT2D eigenvalue weighted by Crippen LogP contribution is -2.27. The standard InChI is InChI=1S/C23H18Cl2N4O3/c1-13(15-5-7-16(8-6-15)23(31)32)26-22(30)19-10-18(25)11-20-21(19)29(28-27-20)12-14-3-2-4-17(24)9-14/h2-11,13H,12H2,1H3,(H,26,30)(H,31,32)/t13-/m0/s1. The zero-order valence-electron chi connectivity index (χ0n) is 16.9. The van der Waals surface area contributed by atoms with E-state index in [0.717, 1.165) is 11.1 Å². The number of fused-ring (bicyclic) bond motifs is 1.